The van der Waals surface area contributed by atoms with Crippen LogP contribution in [-0.2, 0) is 11.2 Å². The number of carbonyl (C=O) groups is 2. The molecular formula is C27H27ClF3N5O3. The molecule has 1 N–H and O–H groups in total. The van der Waals surface area contributed by atoms with E-state index >= 15 is 0 Å². The number of aryl methyl sites for hydroxylation is 1. The second-order valence-electron chi connectivity index (χ2n) is 9.14. The van der Waals surface area contributed by atoms with Crippen molar-refractivity contribution in [3.05, 3.63) is 75.1 Å². The minimum absolute atomic E-state index is 0.183. The van der Waals surface area contributed by atoms with E-state index in [4.69, 9.17) is 16.9 Å². The predicted octanol–water partition coefficient (Wildman–Crippen LogP) is 4.75. The Hall–Kier alpha value is -3.88. The van der Waals surface area contributed by atoms with E-state index < -0.39 is 23.8 Å². The van der Waals surface area contributed by atoms with Gasteiger partial charge in [-0.2, -0.15) is 23.5 Å². The summed E-state index contributed by atoms with van der Waals surface area (Å²) in [5.74, 6) is -3.55. The van der Waals surface area contributed by atoms with Crippen LogP contribution in [0.1, 0.15) is 44.9 Å². The van der Waals surface area contributed by atoms with Crippen molar-refractivity contribution in [2.24, 2.45) is 0 Å². The third-order valence-electron chi connectivity index (χ3n) is 5.93. The highest BCUT2D eigenvalue weighted by molar-refractivity contribution is 6.31. The lowest BCUT2D eigenvalue weighted by Gasteiger charge is -2.14. The largest absolute Gasteiger partial charge is 0.491 e. The van der Waals surface area contributed by atoms with Gasteiger partial charge in [0.15, 0.2) is 0 Å². The quantitative estimate of drug-likeness (QED) is 0.230. The summed E-state index contributed by atoms with van der Waals surface area (Å²) in [7, 11) is 3.75. The first kappa shape index (κ1) is 29.7. The van der Waals surface area contributed by atoms with E-state index in [0.717, 1.165) is 11.3 Å². The normalized spacial score (nSPS) is 11.4. The molecule has 2 aromatic carbocycles. The van der Waals surface area contributed by atoms with Crippen LogP contribution in [0.2, 0.25) is 5.02 Å². The molecule has 0 spiro atoms. The van der Waals surface area contributed by atoms with Gasteiger partial charge in [0.25, 0.3) is 5.91 Å². The van der Waals surface area contributed by atoms with Crippen LogP contribution in [0, 0.1) is 25.2 Å². The standard InChI is InChI=1S/C27H27ClF3N5O3/c1-16-22(17(2)36(34-16)20-8-7-19(15-32)23(28)14-20)12-18-6-9-21(25(37)33-10-5-11-35(3)4)24(13-18)39-26(38)27(29,30)31/h6-9,13-14H,5,10-12H2,1-4H3,(H,33,37). The summed E-state index contributed by atoms with van der Waals surface area (Å²) in [5.41, 5.74) is 3.46. The fourth-order valence-corrected chi connectivity index (χ4v) is 4.13. The number of nitrogens with zero attached hydrogens (tertiary/aromatic N) is 4. The summed E-state index contributed by atoms with van der Waals surface area (Å²) in [6, 6.07) is 11.1. The molecule has 8 nitrogen and oxygen atoms in total. The third kappa shape index (κ3) is 7.37. The Kier molecular flexibility index (Phi) is 9.37. The first-order valence-electron chi connectivity index (χ1n) is 11.9. The maximum atomic E-state index is 13.0. The summed E-state index contributed by atoms with van der Waals surface area (Å²) >= 11 is 6.17. The molecule has 1 amide bonds. The molecule has 0 radical (unpaired) electrons. The van der Waals surface area contributed by atoms with Gasteiger partial charge in [-0.25, -0.2) is 9.48 Å². The van der Waals surface area contributed by atoms with E-state index in [0.29, 0.717) is 42.0 Å². The average molecular weight is 562 g/mol. The number of carbonyl (C=O) groups excluding carboxylic acids is 2. The maximum Gasteiger partial charge on any atom is 0.491 e. The number of hydrogen-bond donors (Lipinski definition) is 1. The monoisotopic (exact) mass is 561 g/mol. The van der Waals surface area contributed by atoms with Crippen molar-refractivity contribution in [1.82, 2.24) is 20.0 Å². The van der Waals surface area contributed by atoms with Crippen LogP contribution in [0.3, 0.4) is 0 Å². The summed E-state index contributed by atoms with van der Waals surface area (Å²) in [4.78, 5) is 26.3. The molecule has 12 heteroatoms. The van der Waals surface area contributed by atoms with Crippen LogP contribution in [-0.4, -0.2) is 59.9 Å². The Labute approximate surface area is 228 Å². The van der Waals surface area contributed by atoms with Crippen molar-refractivity contribution in [3.8, 4) is 17.5 Å². The lowest BCUT2D eigenvalue weighted by Crippen LogP contribution is -2.30. The SMILES string of the molecule is Cc1nn(-c2ccc(C#N)c(Cl)c2)c(C)c1Cc1ccc(C(=O)NCCCN(C)C)c(OC(=O)C(F)(F)F)c1. The topological polar surface area (TPSA) is 100 Å². The molecule has 1 heterocycles. The van der Waals surface area contributed by atoms with Crippen LogP contribution in [0.15, 0.2) is 36.4 Å². The van der Waals surface area contributed by atoms with E-state index in [-0.39, 0.29) is 17.0 Å². The van der Waals surface area contributed by atoms with Gasteiger partial charge in [-0.1, -0.05) is 17.7 Å². The van der Waals surface area contributed by atoms with Gasteiger partial charge in [0.1, 0.15) is 11.8 Å². The van der Waals surface area contributed by atoms with E-state index in [1.165, 1.54) is 12.1 Å². The van der Waals surface area contributed by atoms with Crippen molar-refractivity contribution >= 4 is 23.5 Å². The van der Waals surface area contributed by atoms with E-state index in [2.05, 4.69) is 15.2 Å². The fourth-order valence-electron chi connectivity index (χ4n) is 3.91. The van der Waals surface area contributed by atoms with E-state index in [1.807, 2.05) is 32.0 Å². The molecule has 0 aliphatic rings. The van der Waals surface area contributed by atoms with Gasteiger partial charge in [0.05, 0.1) is 27.5 Å². The number of ether oxygens (including phenoxy) is 1. The van der Waals surface area contributed by atoms with Crippen molar-refractivity contribution in [3.63, 3.8) is 0 Å². The van der Waals surface area contributed by atoms with Gasteiger partial charge in [-0.15, -0.1) is 0 Å². The highest BCUT2D eigenvalue weighted by atomic mass is 35.5. The molecule has 1 aromatic heterocycles. The lowest BCUT2D eigenvalue weighted by molar-refractivity contribution is -0.189. The van der Waals surface area contributed by atoms with Gasteiger partial charge in [0, 0.05) is 24.2 Å². The van der Waals surface area contributed by atoms with Gasteiger partial charge < -0.3 is 15.0 Å². The molecule has 0 atom stereocenters. The Bertz CT molecular complexity index is 1430. The van der Waals surface area contributed by atoms with Gasteiger partial charge >= 0.3 is 12.1 Å². The number of rotatable bonds is 9. The van der Waals surface area contributed by atoms with Crippen LogP contribution in [0.5, 0.6) is 5.75 Å². The molecule has 0 aliphatic heterocycles. The number of aromatic nitrogens is 2. The average Bonchev–Trinajstić information content (AvgIpc) is 3.14. The van der Waals surface area contributed by atoms with Gasteiger partial charge in [-0.3, -0.25) is 4.79 Å². The second-order valence-corrected chi connectivity index (χ2v) is 9.55. The number of hydrogen-bond acceptors (Lipinski definition) is 6. The Balaban J connectivity index is 1.92. The summed E-state index contributed by atoms with van der Waals surface area (Å²) in [5, 5.41) is 16.6. The summed E-state index contributed by atoms with van der Waals surface area (Å²) in [6.45, 7) is 4.60. The Morgan fingerprint density at radius 1 is 1.18 bits per heavy atom. The molecule has 0 fully saturated rings. The zero-order valence-electron chi connectivity index (χ0n) is 21.8. The van der Waals surface area contributed by atoms with Crippen LogP contribution in [0.25, 0.3) is 5.69 Å². The number of nitrogens with one attached hydrogen (secondary N) is 1. The highest BCUT2D eigenvalue weighted by Crippen LogP contribution is 2.28. The van der Waals surface area contributed by atoms with Crippen molar-refractivity contribution in [1.29, 1.82) is 5.26 Å². The molecule has 0 unspecified atom stereocenters. The summed E-state index contributed by atoms with van der Waals surface area (Å²) < 4.78 is 45.2. The number of alkyl halides is 3. The van der Waals surface area contributed by atoms with Crippen molar-refractivity contribution in [2.45, 2.75) is 32.9 Å². The Morgan fingerprint density at radius 3 is 2.51 bits per heavy atom. The van der Waals surface area contributed by atoms with Crippen LogP contribution < -0.4 is 10.1 Å². The van der Waals surface area contributed by atoms with Gasteiger partial charge in [0.2, 0.25) is 0 Å². The van der Waals surface area contributed by atoms with E-state index in [1.54, 1.807) is 35.9 Å². The molecular weight excluding hydrogens is 535 g/mol. The molecule has 0 bridgehead atoms. The van der Waals surface area contributed by atoms with Gasteiger partial charge in [-0.05, 0) is 76.8 Å². The summed E-state index contributed by atoms with van der Waals surface area (Å²) in [6.07, 6.45) is -4.36. The molecule has 0 saturated heterocycles. The number of benzene rings is 2. The zero-order chi connectivity index (χ0) is 28.9. The van der Waals surface area contributed by atoms with Crippen LogP contribution >= 0.6 is 11.6 Å². The number of esters is 1. The van der Waals surface area contributed by atoms with E-state index in [9.17, 15) is 22.8 Å². The zero-order valence-corrected chi connectivity index (χ0v) is 22.6. The molecule has 206 valence electrons. The fraction of sp³-hybridized carbons (Fsp3) is 0.333. The smallest absolute Gasteiger partial charge is 0.419 e. The minimum atomic E-state index is -5.23. The molecule has 0 aliphatic carbocycles. The first-order chi connectivity index (χ1) is 18.3. The minimum Gasteiger partial charge on any atom is -0.419 e. The first-order valence-corrected chi connectivity index (χ1v) is 12.3. The number of nitriles is 1. The molecule has 39 heavy (non-hydrogen) atoms. The lowest BCUT2D eigenvalue weighted by atomic mass is 10.0. The molecule has 3 aromatic rings. The van der Waals surface area contributed by atoms with Crippen LogP contribution in [0.4, 0.5) is 13.2 Å². The van der Waals surface area contributed by atoms with Crippen molar-refractivity contribution in [2.75, 3.05) is 27.2 Å². The highest BCUT2D eigenvalue weighted by Gasteiger charge is 2.42. The number of halogens is 4. The molecule has 0 saturated carbocycles. The Morgan fingerprint density at radius 2 is 1.90 bits per heavy atom. The third-order valence-corrected chi connectivity index (χ3v) is 6.24. The molecule has 3 rings (SSSR count). The van der Waals surface area contributed by atoms with Crippen molar-refractivity contribution < 1.29 is 27.5 Å². The number of amides is 1. The second kappa shape index (κ2) is 12.3. The predicted molar refractivity (Wildman–Crippen MR) is 139 cm³/mol. The maximum absolute atomic E-state index is 13.0.